The zero-order chi connectivity index (χ0) is 16.8. The van der Waals surface area contributed by atoms with Gasteiger partial charge in [0.25, 0.3) is 0 Å². The van der Waals surface area contributed by atoms with Crippen LogP contribution in [-0.2, 0) is 4.79 Å². The number of carboxylic acid groups (broad SMARTS) is 1. The Balaban J connectivity index is 2.32. The van der Waals surface area contributed by atoms with Crippen molar-refractivity contribution < 1.29 is 15.0 Å². The van der Waals surface area contributed by atoms with Gasteiger partial charge in [0.15, 0.2) is 0 Å². The van der Waals surface area contributed by atoms with E-state index in [2.05, 4.69) is 0 Å². The largest absolute Gasteiger partial charge is 0.481 e. The number of carboxylic acids is 1. The molecular formula is C20H38O3. The lowest BCUT2D eigenvalue weighted by molar-refractivity contribution is -0.142. The van der Waals surface area contributed by atoms with Gasteiger partial charge in [-0.2, -0.15) is 0 Å². The number of aliphatic hydroxyl groups excluding tert-OH is 1. The van der Waals surface area contributed by atoms with Crippen molar-refractivity contribution in [3.05, 3.63) is 0 Å². The minimum absolute atomic E-state index is 0.258. The van der Waals surface area contributed by atoms with E-state index in [1.807, 2.05) is 0 Å². The first-order valence-corrected chi connectivity index (χ1v) is 10.1. The van der Waals surface area contributed by atoms with Crippen molar-refractivity contribution >= 4 is 5.97 Å². The minimum Gasteiger partial charge on any atom is -0.481 e. The van der Waals surface area contributed by atoms with E-state index in [0.717, 1.165) is 32.1 Å². The Morgan fingerprint density at radius 1 is 0.565 bits per heavy atom. The first-order chi connectivity index (χ1) is 11.2. The first-order valence-electron chi connectivity index (χ1n) is 10.1. The topological polar surface area (TPSA) is 57.5 Å². The van der Waals surface area contributed by atoms with E-state index < -0.39 is 5.97 Å². The number of hydrogen-bond donors (Lipinski definition) is 2. The fraction of sp³-hybridized carbons (Fsp3) is 0.950. The van der Waals surface area contributed by atoms with Crippen LogP contribution in [0, 0.1) is 5.92 Å². The number of hydrogen-bond acceptors (Lipinski definition) is 2. The predicted octanol–water partition coefficient (Wildman–Crippen LogP) is 5.69. The average molecular weight is 327 g/mol. The highest BCUT2D eigenvalue weighted by atomic mass is 16.4. The van der Waals surface area contributed by atoms with Crippen molar-refractivity contribution in [1.29, 1.82) is 0 Å². The third-order valence-corrected chi connectivity index (χ3v) is 5.29. The van der Waals surface area contributed by atoms with E-state index in [9.17, 15) is 15.0 Å². The maximum absolute atomic E-state index is 11.3. The molecule has 3 nitrogen and oxygen atoms in total. The van der Waals surface area contributed by atoms with Gasteiger partial charge in [-0.25, -0.2) is 0 Å². The van der Waals surface area contributed by atoms with Gasteiger partial charge in [0, 0.05) is 0 Å². The second kappa shape index (κ2) is 13.8. The van der Waals surface area contributed by atoms with E-state index in [1.165, 1.54) is 64.2 Å². The number of carbonyl (C=O) groups is 1. The van der Waals surface area contributed by atoms with Crippen LogP contribution in [0.2, 0.25) is 0 Å². The number of aliphatic carboxylic acids is 1. The molecule has 0 heterocycles. The molecule has 0 aromatic carbocycles. The summed E-state index contributed by atoms with van der Waals surface area (Å²) in [5.41, 5.74) is 0. The molecule has 1 saturated carbocycles. The summed E-state index contributed by atoms with van der Waals surface area (Å²) >= 11 is 0. The summed E-state index contributed by atoms with van der Waals surface area (Å²) < 4.78 is 0. The van der Waals surface area contributed by atoms with Crippen LogP contribution in [0.4, 0.5) is 0 Å². The van der Waals surface area contributed by atoms with Gasteiger partial charge in [0.2, 0.25) is 0 Å². The van der Waals surface area contributed by atoms with E-state index in [1.54, 1.807) is 0 Å². The molecule has 136 valence electrons. The summed E-state index contributed by atoms with van der Waals surface area (Å²) in [4.78, 5) is 11.3. The molecule has 0 amide bonds. The molecule has 1 fully saturated rings. The fourth-order valence-electron chi connectivity index (χ4n) is 3.64. The zero-order valence-corrected chi connectivity index (χ0v) is 15.0. The van der Waals surface area contributed by atoms with Gasteiger partial charge < -0.3 is 10.2 Å². The molecule has 1 rings (SSSR count). The Morgan fingerprint density at radius 2 is 0.957 bits per heavy atom. The molecule has 23 heavy (non-hydrogen) atoms. The first kappa shape index (κ1) is 20.5. The molecule has 0 spiro atoms. The molecule has 0 saturated heterocycles. The van der Waals surface area contributed by atoms with Crippen molar-refractivity contribution in [2.45, 2.75) is 115 Å². The standard InChI is InChI=1S/C20H38O3/c21-19-15-13-11-9-7-5-3-1-2-4-6-8-10-12-14-18(16-17-19)20(22)23/h18-19,21H,1-17H2,(H,22,23). The molecule has 0 aromatic rings. The van der Waals surface area contributed by atoms with Crippen molar-refractivity contribution in [1.82, 2.24) is 0 Å². The lowest BCUT2D eigenvalue weighted by Crippen LogP contribution is -2.17. The summed E-state index contributed by atoms with van der Waals surface area (Å²) in [6.07, 6.45) is 19.1. The summed E-state index contributed by atoms with van der Waals surface area (Å²) in [5.74, 6) is -0.935. The maximum atomic E-state index is 11.3. The Labute approximate surface area is 142 Å². The van der Waals surface area contributed by atoms with Gasteiger partial charge in [0.1, 0.15) is 0 Å². The summed E-state index contributed by atoms with van der Waals surface area (Å²) in [6, 6.07) is 0. The van der Waals surface area contributed by atoms with Gasteiger partial charge in [0.05, 0.1) is 12.0 Å². The Bertz CT molecular complexity index is 291. The molecule has 2 atom stereocenters. The molecule has 3 heteroatoms. The number of rotatable bonds is 1. The second-order valence-corrected chi connectivity index (χ2v) is 7.44. The SMILES string of the molecule is O=C(O)C1CCCCCCCCCCCCCCCC(O)CC1. The third kappa shape index (κ3) is 11.6. The molecular weight excluding hydrogens is 288 g/mol. The van der Waals surface area contributed by atoms with Crippen LogP contribution in [0.5, 0.6) is 0 Å². The summed E-state index contributed by atoms with van der Waals surface area (Å²) in [6.45, 7) is 0. The Morgan fingerprint density at radius 3 is 1.39 bits per heavy atom. The van der Waals surface area contributed by atoms with E-state index in [0.29, 0.717) is 12.8 Å². The molecule has 2 N–H and O–H groups in total. The van der Waals surface area contributed by atoms with Gasteiger partial charge in [-0.15, -0.1) is 0 Å². The van der Waals surface area contributed by atoms with Crippen LogP contribution < -0.4 is 0 Å². The van der Waals surface area contributed by atoms with Crippen LogP contribution in [0.25, 0.3) is 0 Å². The lowest BCUT2D eigenvalue weighted by atomic mass is 9.93. The van der Waals surface area contributed by atoms with Crippen LogP contribution in [0.1, 0.15) is 109 Å². The smallest absolute Gasteiger partial charge is 0.306 e. The lowest BCUT2D eigenvalue weighted by Gasteiger charge is -2.15. The van der Waals surface area contributed by atoms with Crippen molar-refractivity contribution in [2.75, 3.05) is 0 Å². The monoisotopic (exact) mass is 326 g/mol. The maximum Gasteiger partial charge on any atom is 0.306 e. The average Bonchev–Trinajstić information content (AvgIpc) is 2.52. The molecule has 0 aromatic heterocycles. The fourth-order valence-corrected chi connectivity index (χ4v) is 3.64. The van der Waals surface area contributed by atoms with Gasteiger partial charge >= 0.3 is 5.97 Å². The summed E-state index contributed by atoms with van der Waals surface area (Å²) in [7, 11) is 0. The van der Waals surface area contributed by atoms with Crippen LogP contribution in [0.15, 0.2) is 0 Å². The molecule has 0 radical (unpaired) electrons. The van der Waals surface area contributed by atoms with Gasteiger partial charge in [-0.1, -0.05) is 83.5 Å². The van der Waals surface area contributed by atoms with Gasteiger partial charge in [-0.3, -0.25) is 4.79 Å². The predicted molar refractivity (Wildman–Crippen MR) is 95.6 cm³/mol. The van der Waals surface area contributed by atoms with E-state index in [-0.39, 0.29) is 12.0 Å². The van der Waals surface area contributed by atoms with Crippen LogP contribution >= 0.6 is 0 Å². The van der Waals surface area contributed by atoms with Crippen molar-refractivity contribution in [3.63, 3.8) is 0 Å². The highest BCUT2D eigenvalue weighted by Gasteiger charge is 2.18. The summed E-state index contributed by atoms with van der Waals surface area (Å²) in [5, 5.41) is 19.4. The van der Waals surface area contributed by atoms with E-state index in [4.69, 9.17) is 0 Å². The normalized spacial score (nSPS) is 28.2. The highest BCUT2D eigenvalue weighted by molar-refractivity contribution is 5.69. The zero-order valence-electron chi connectivity index (χ0n) is 15.0. The van der Waals surface area contributed by atoms with Gasteiger partial charge in [-0.05, 0) is 25.7 Å². The van der Waals surface area contributed by atoms with Crippen LogP contribution in [0.3, 0.4) is 0 Å². The quantitative estimate of drug-likeness (QED) is 0.650. The molecule has 2 unspecified atom stereocenters. The number of aliphatic hydroxyl groups is 1. The molecule has 1 aliphatic rings. The highest BCUT2D eigenvalue weighted by Crippen LogP contribution is 2.21. The molecule has 1 aliphatic carbocycles. The molecule has 0 bridgehead atoms. The second-order valence-electron chi connectivity index (χ2n) is 7.44. The van der Waals surface area contributed by atoms with Crippen LogP contribution in [-0.4, -0.2) is 22.3 Å². The Hall–Kier alpha value is -0.570. The van der Waals surface area contributed by atoms with E-state index >= 15 is 0 Å². The van der Waals surface area contributed by atoms with Crippen molar-refractivity contribution in [3.8, 4) is 0 Å². The Kier molecular flexibility index (Phi) is 12.3. The van der Waals surface area contributed by atoms with Crippen molar-refractivity contribution in [2.24, 2.45) is 5.92 Å². The molecule has 0 aliphatic heterocycles. The minimum atomic E-state index is -0.678. The third-order valence-electron chi connectivity index (χ3n) is 5.29.